The van der Waals surface area contributed by atoms with Crippen LogP contribution in [0.3, 0.4) is 0 Å². The maximum atomic E-state index is 12.3. The van der Waals surface area contributed by atoms with Crippen LogP contribution in [0, 0.1) is 6.92 Å². The number of aryl methyl sites for hydroxylation is 1. The molecular weight excluding hydrogens is 382 g/mol. The number of likely N-dealkylation sites (tertiary alicyclic amines) is 1. The minimum Gasteiger partial charge on any atom is -0.497 e. The van der Waals surface area contributed by atoms with Crippen molar-refractivity contribution in [3.8, 4) is 17.1 Å². The number of likely N-dealkylation sites (N-methyl/N-ethyl adjacent to an activating group) is 1. The molecule has 8 heteroatoms. The first-order valence-corrected chi connectivity index (χ1v) is 9.84. The van der Waals surface area contributed by atoms with Crippen LogP contribution in [-0.2, 0) is 0 Å². The maximum absolute atomic E-state index is 12.3. The van der Waals surface area contributed by atoms with E-state index in [9.17, 15) is 4.79 Å². The van der Waals surface area contributed by atoms with Gasteiger partial charge in [0.25, 0.3) is 0 Å². The molecule has 2 amide bonds. The fourth-order valence-electron chi connectivity index (χ4n) is 3.61. The average molecular weight is 407 g/mol. The van der Waals surface area contributed by atoms with Crippen LogP contribution in [0.2, 0.25) is 0 Å². The number of amides is 2. The highest BCUT2D eigenvalue weighted by molar-refractivity contribution is 5.89. The molecular formula is C22H25N5O3. The Balaban J connectivity index is 1.37. The van der Waals surface area contributed by atoms with E-state index in [1.165, 1.54) is 0 Å². The highest BCUT2D eigenvalue weighted by atomic mass is 16.5. The summed E-state index contributed by atoms with van der Waals surface area (Å²) in [5, 5.41) is 10.0. The quantitative estimate of drug-likeness (QED) is 0.671. The predicted molar refractivity (Wildman–Crippen MR) is 113 cm³/mol. The van der Waals surface area contributed by atoms with E-state index in [0.29, 0.717) is 24.7 Å². The first-order valence-electron chi connectivity index (χ1n) is 9.84. The van der Waals surface area contributed by atoms with Gasteiger partial charge in [-0.1, -0.05) is 22.9 Å². The number of ether oxygens (including phenoxy) is 1. The number of carbonyl (C=O) groups is 1. The number of rotatable bonds is 5. The molecule has 30 heavy (non-hydrogen) atoms. The monoisotopic (exact) mass is 407 g/mol. The zero-order chi connectivity index (χ0) is 21.1. The number of aromatic nitrogens is 2. The number of anilines is 1. The Morgan fingerprint density at radius 1 is 1.17 bits per heavy atom. The van der Waals surface area contributed by atoms with E-state index in [1.807, 2.05) is 62.5 Å². The molecule has 3 aromatic rings. The lowest BCUT2D eigenvalue weighted by molar-refractivity contribution is 0.243. The largest absolute Gasteiger partial charge is 0.497 e. The van der Waals surface area contributed by atoms with Gasteiger partial charge < -0.3 is 19.9 Å². The zero-order valence-electron chi connectivity index (χ0n) is 17.3. The third-order valence-electron chi connectivity index (χ3n) is 5.27. The number of hydrogen-bond donors (Lipinski definition) is 2. The maximum Gasteiger partial charge on any atom is 0.319 e. The molecule has 0 unspecified atom stereocenters. The molecule has 1 aromatic heterocycles. The van der Waals surface area contributed by atoms with Crippen molar-refractivity contribution in [1.82, 2.24) is 20.4 Å². The van der Waals surface area contributed by atoms with Gasteiger partial charge in [0.15, 0.2) is 0 Å². The van der Waals surface area contributed by atoms with Gasteiger partial charge >= 0.3 is 6.03 Å². The summed E-state index contributed by atoms with van der Waals surface area (Å²) in [4.78, 5) is 19.0. The fraction of sp³-hybridized carbons (Fsp3) is 0.318. The fourth-order valence-corrected chi connectivity index (χ4v) is 3.61. The van der Waals surface area contributed by atoms with Crippen molar-refractivity contribution in [3.63, 3.8) is 0 Å². The normalized spacial score (nSPS) is 18.9. The molecule has 1 aliphatic heterocycles. The summed E-state index contributed by atoms with van der Waals surface area (Å²) in [7, 11) is 3.62. The summed E-state index contributed by atoms with van der Waals surface area (Å²) < 4.78 is 10.7. The lowest BCUT2D eigenvalue weighted by Crippen LogP contribution is -2.39. The Bertz CT molecular complexity index is 1000. The van der Waals surface area contributed by atoms with Crippen LogP contribution >= 0.6 is 0 Å². The number of methoxy groups -OCH3 is 1. The Labute approximate surface area is 175 Å². The van der Waals surface area contributed by atoms with Gasteiger partial charge in [-0.25, -0.2) is 4.79 Å². The van der Waals surface area contributed by atoms with E-state index in [0.717, 1.165) is 22.6 Å². The highest BCUT2D eigenvalue weighted by Crippen LogP contribution is 2.31. The Hall–Kier alpha value is -3.39. The molecule has 0 aliphatic carbocycles. The molecule has 2 aromatic carbocycles. The van der Waals surface area contributed by atoms with Gasteiger partial charge in [-0.15, -0.1) is 0 Å². The first-order chi connectivity index (χ1) is 14.5. The second-order valence-corrected chi connectivity index (χ2v) is 7.54. The second-order valence-electron chi connectivity index (χ2n) is 7.54. The Morgan fingerprint density at radius 3 is 2.60 bits per heavy atom. The number of nitrogens with zero attached hydrogens (tertiary/aromatic N) is 3. The van der Waals surface area contributed by atoms with Crippen LogP contribution in [0.5, 0.6) is 5.75 Å². The van der Waals surface area contributed by atoms with Crippen molar-refractivity contribution in [2.75, 3.05) is 26.0 Å². The van der Waals surface area contributed by atoms with E-state index in [-0.39, 0.29) is 18.1 Å². The second kappa shape index (κ2) is 8.54. The van der Waals surface area contributed by atoms with Crippen LogP contribution < -0.4 is 15.4 Å². The summed E-state index contributed by atoms with van der Waals surface area (Å²) in [6.45, 7) is 2.71. The Morgan fingerprint density at radius 2 is 1.90 bits per heavy atom. The van der Waals surface area contributed by atoms with Gasteiger partial charge in [0.05, 0.1) is 13.2 Å². The molecule has 1 fully saturated rings. The molecule has 0 bridgehead atoms. The van der Waals surface area contributed by atoms with Gasteiger partial charge in [0.2, 0.25) is 11.7 Å². The summed E-state index contributed by atoms with van der Waals surface area (Å²) in [6.07, 6.45) is 0.696. The van der Waals surface area contributed by atoms with Gasteiger partial charge in [-0.05, 0) is 56.8 Å². The molecule has 4 rings (SSSR count). The Kier molecular flexibility index (Phi) is 5.67. The summed E-state index contributed by atoms with van der Waals surface area (Å²) in [6, 6.07) is 14.9. The molecule has 8 nitrogen and oxygen atoms in total. The predicted octanol–water partition coefficient (Wildman–Crippen LogP) is 3.62. The van der Waals surface area contributed by atoms with Crippen molar-refractivity contribution in [3.05, 3.63) is 60.0 Å². The number of benzene rings is 2. The van der Waals surface area contributed by atoms with Crippen LogP contribution in [-0.4, -0.2) is 47.8 Å². The van der Waals surface area contributed by atoms with Gasteiger partial charge in [-0.3, -0.25) is 4.90 Å². The van der Waals surface area contributed by atoms with Crippen LogP contribution in [0.15, 0.2) is 53.1 Å². The smallest absolute Gasteiger partial charge is 0.319 e. The lowest BCUT2D eigenvalue weighted by atomic mass is 10.1. The SMILES string of the molecule is COc1ccc(-c2noc([C@@H]3C[C@@H](NC(=O)Nc4ccc(C)cc4)CN3C)n2)cc1. The molecule has 2 heterocycles. The van der Waals surface area contributed by atoms with Gasteiger partial charge in [0, 0.05) is 23.8 Å². The first kappa shape index (κ1) is 19.9. The highest BCUT2D eigenvalue weighted by Gasteiger charge is 2.35. The van der Waals surface area contributed by atoms with Crippen molar-refractivity contribution in [2.45, 2.75) is 25.4 Å². The van der Waals surface area contributed by atoms with Crippen LogP contribution in [0.25, 0.3) is 11.4 Å². The molecule has 0 radical (unpaired) electrons. The topological polar surface area (TPSA) is 92.5 Å². The molecule has 2 N–H and O–H groups in total. The summed E-state index contributed by atoms with van der Waals surface area (Å²) in [5.74, 6) is 1.86. The number of carbonyl (C=O) groups excluding carboxylic acids is 1. The van der Waals surface area contributed by atoms with Crippen LogP contribution in [0.4, 0.5) is 10.5 Å². The molecule has 0 spiro atoms. The summed E-state index contributed by atoms with van der Waals surface area (Å²) in [5.41, 5.74) is 2.77. The van der Waals surface area contributed by atoms with E-state index < -0.39 is 0 Å². The number of hydrogen-bond acceptors (Lipinski definition) is 6. The third-order valence-corrected chi connectivity index (χ3v) is 5.27. The average Bonchev–Trinajstić information content (AvgIpc) is 3.36. The number of nitrogens with one attached hydrogen (secondary N) is 2. The lowest BCUT2D eigenvalue weighted by Gasteiger charge is -2.14. The molecule has 0 saturated carbocycles. The van der Waals surface area contributed by atoms with Crippen LogP contribution in [0.1, 0.15) is 23.9 Å². The minimum atomic E-state index is -0.220. The van der Waals surface area contributed by atoms with Crippen molar-refractivity contribution in [2.24, 2.45) is 0 Å². The zero-order valence-corrected chi connectivity index (χ0v) is 17.3. The van der Waals surface area contributed by atoms with E-state index >= 15 is 0 Å². The van der Waals surface area contributed by atoms with E-state index in [1.54, 1.807) is 7.11 Å². The number of urea groups is 1. The molecule has 2 atom stereocenters. The third kappa shape index (κ3) is 4.44. The van der Waals surface area contributed by atoms with Gasteiger partial charge in [-0.2, -0.15) is 4.98 Å². The van der Waals surface area contributed by atoms with Crippen molar-refractivity contribution >= 4 is 11.7 Å². The van der Waals surface area contributed by atoms with Crippen molar-refractivity contribution < 1.29 is 14.1 Å². The summed E-state index contributed by atoms with van der Waals surface area (Å²) >= 11 is 0. The minimum absolute atomic E-state index is 0.0122. The molecule has 156 valence electrons. The molecule has 1 saturated heterocycles. The van der Waals surface area contributed by atoms with Crippen molar-refractivity contribution in [1.29, 1.82) is 0 Å². The molecule has 1 aliphatic rings. The standard InChI is InChI=1S/C22H25N5O3/c1-14-4-8-16(9-5-14)23-22(28)24-17-12-19(27(2)13-17)21-25-20(26-30-21)15-6-10-18(29-3)11-7-15/h4-11,17,19H,12-13H2,1-3H3,(H2,23,24,28)/t17-,19+/m1/s1. The van der Waals surface area contributed by atoms with E-state index in [4.69, 9.17) is 9.26 Å². The van der Waals surface area contributed by atoms with E-state index in [2.05, 4.69) is 25.7 Å². The van der Waals surface area contributed by atoms with Gasteiger partial charge in [0.1, 0.15) is 5.75 Å².